The number of pyridine rings is 1. The maximum Gasteiger partial charge on any atom is 0.274 e. The molecule has 0 atom stereocenters. The summed E-state index contributed by atoms with van der Waals surface area (Å²) >= 11 is 6.16. The Hall–Kier alpha value is -3.25. The van der Waals surface area contributed by atoms with Crippen LogP contribution in [0.3, 0.4) is 0 Å². The van der Waals surface area contributed by atoms with Crippen LogP contribution in [0, 0.1) is 0 Å². The van der Waals surface area contributed by atoms with Gasteiger partial charge in [-0.1, -0.05) is 35.9 Å². The van der Waals surface area contributed by atoms with Gasteiger partial charge in [0.1, 0.15) is 11.5 Å². The Morgan fingerprint density at radius 2 is 1.88 bits per heavy atom. The van der Waals surface area contributed by atoms with Crippen LogP contribution in [0.5, 0.6) is 11.5 Å². The summed E-state index contributed by atoms with van der Waals surface area (Å²) in [5, 5.41) is 6.30. The fourth-order valence-electron chi connectivity index (χ4n) is 2.56. The molecule has 1 aliphatic heterocycles. The van der Waals surface area contributed by atoms with Crippen molar-refractivity contribution in [1.29, 1.82) is 0 Å². The minimum atomic E-state index is -0.348. The Morgan fingerprint density at radius 1 is 1.04 bits per heavy atom. The SMILES string of the molecule is O=C(Nc1ccccc1)c1cc(Cl)cc(Nc2cccc3c2OCO3)n1. The largest absolute Gasteiger partial charge is 0.454 e. The van der Waals surface area contributed by atoms with Crippen LogP contribution in [0.1, 0.15) is 10.5 Å². The predicted octanol–water partition coefficient (Wildman–Crippen LogP) is 4.46. The van der Waals surface area contributed by atoms with Crippen LogP contribution < -0.4 is 20.1 Å². The van der Waals surface area contributed by atoms with Crippen molar-refractivity contribution >= 4 is 34.7 Å². The van der Waals surface area contributed by atoms with Gasteiger partial charge in [0.05, 0.1) is 5.69 Å². The lowest BCUT2D eigenvalue weighted by molar-refractivity contribution is 0.102. The van der Waals surface area contributed by atoms with E-state index in [4.69, 9.17) is 21.1 Å². The highest BCUT2D eigenvalue weighted by molar-refractivity contribution is 6.31. The van der Waals surface area contributed by atoms with Crippen LogP contribution in [0.15, 0.2) is 60.7 Å². The Labute approximate surface area is 154 Å². The number of para-hydroxylation sites is 2. The summed E-state index contributed by atoms with van der Waals surface area (Å²) in [6, 6.07) is 17.8. The Kier molecular flexibility index (Phi) is 4.33. The number of fused-ring (bicyclic) bond motifs is 1. The zero-order valence-electron chi connectivity index (χ0n) is 13.5. The molecule has 130 valence electrons. The maximum atomic E-state index is 12.5. The van der Waals surface area contributed by atoms with Crippen molar-refractivity contribution in [2.45, 2.75) is 0 Å². The number of benzene rings is 2. The minimum absolute atomic E-state index is 0.168. The van der Waals surface area contributed by atoms with E-state index in [1.54, 1.807) is 18.2 Å². The molecule has 0 fully saturated rings. The van der Waals surface area contributed by atoms with Crippen molar-refractivity contribution < 1.29 is 14.3 Å². The summed E-state index contributed by atoms with van der Waals surface area (Å²) in [6.45, 7) is 0.168. The third-order valence-corrected chi connectivity index (χ3v) is 3.93. The molecule has 3 aromatic rings. The lowest BCUT2D eigenvalue weighted by Gasteiger charge is -2.11. The molecule has 0 aliphatic carbocycles. The summed E-state index contributed by atoms with van der Waals surface area (Å²) in [5.74, 6) is 1.34. The lowest BCUT2D eigenvalue weighted by atomic mass is 10.2. The average molecular weight is 368 g/mol. The Morgan fingerprint density at radius 3 is 2.73 bits per heavy atom. The highest BCUT2D eigenvalue weighted by atomic mass is 35.5. The van der Waals surface area contributed by atoms with Crippen molar-refractivity contribution in [3.63, 3.8) is 0 Å². The quantitative estimate of drug-likeness (QED) is 0.712. The Bertz CT molecular complexity index is 963. The molecule has 1 aromatic heterocycles. The van der Waals surface area contributed by atoms with E-state index in [1.165, 1.54) is 6.07 Å². The fourth-order valence-corrected chi connectivity index (χ4v) is 2.77. The second-order valence-electron chi connectivity index (χ2n) is 5.54. The number of carbonyl (C=O) groups is 1. The summed E-state index contributed by atoms with van der Waals surface area (Å²) in [5.41, 5.74) is 1.57. The van der Waals surface area contributed by atoms with E-state index in [0.717, 1.165) is 0 Å². The van der Waals surface area contributed by atoms with E-state index in [1.807, 2.05) is 36.4 Å². The first-order valence-corrected chi connectivity index (χ1v) is 8.26. The van der Waals surface area contributed by atoms with E-state index in [9.17, 15) is 4.79 Å². The molecule has 1 aliphatic rings. The van der Waals surface area contributed by atoms with Crippen molar-refractivity contribution in [1.82, 2.24) is 4.98 Å². The van der Waals surface area contributed by atoms with E-state index < -0.39 is 0 Å². The summed E-state index contributed by atoms with van der Waals surface area (Å²) in [7, 11) is 0. The van der Waals surface area contributed by atoms with Crippen LogP contribution in [-0.2, 0) is 0 Å². The van der Waals surface area contributed by atoms with E-state index >= 15 is 0 Å². The van der Waals surface area contributed by atoms with Gasteiger partial charge < -0.3 is 20.1 Å². The molecule has 4 rings (SSSR count). The van der Waals surface area contributed by atoms with Crippen molar-refractivity contribution in [2.24, 2.45) is 0 Å². The molecule has 2 aromatic carbocycles. The highest BCUT2D eigenvalue weighted by Crippen LogP contribution is 2.40. The normalized spacial score (nSPS) is 11.9. The number of anilines is 3. The molecule has 0 saturated heterocycles. The third kappa shape index (κ3) is 3.41. The number of carbonyl (C=O) groups excluding carboxylic acids is 1. The van der Waals surface area contributed by atoms with Gasteiger partial charge in [-0.05, 0) is 36.4 Å². The number of halogens is 1. The van der Waals surface area contributed by atoms with Gasteiger partial charge in [0.25, 0.3) is 5.91 Å². The number of ether oxygens (including phenoxy) is 2. The Balaban J connectivity index is 1.59. The second kappa shape index (κ2) is 6.93. The molecule has 0 unspecified atom stereocenters. The van der Waals surface area contributed by atoms with Gasteiger partial charge in [-0.2, -0.15) is 0 Å². The first kappa shape index (κ1) is 16.2. The van der Waals surface area contributed by atoms with Crippen molar-refractivity contribution in [2.75, 3.05) is 17.4 Å². The molecule has 7 heteroatoms. The molecule has 26 heavy (non-hydrogen) atoms. The van der Waals surface area contributed by atoms with Gasteiger partial charge in [0.2, 0.25) is 6.79 Å². The number of nitrogens with one attached hydrogen (secondary N) is 2. The van der Waals surface area contributed by atoms with Crippen LogP contribution in [0.4, 0.5) is 17.2 Å². The molecule has 0 bridgehead atoms. The van der Waals surface area contributed by atoms with Crippen LogP contribution in [-0.4, -0.2) is 17.7 Å². The lowest BCUT2D eigenvalue weighted by Crippen LogP contribution is -2.14. The fraction of sp³-hybridized carbons (Fsp3) is 0.0526. The molecule has 6 nitrogen and oxygen atoms in total. The molecule has 2 heterocycles. The van der Waals surface area contributed by atoms with E-state index in [-0.39, 0.29) is 18.4 Å². The molecule has 2 N–H and O–H groups in total. The maximum absolute atomic E-state index is 12.5. The third-order valence-electron chi connectivity index (χ3n) is 3.71. The zero-order chi connectivity index (χ0) is 17.9. The molecule has 0 saturated carbocycles. The standard InChI is InChI=1S/C19H14ClN3O3/c20-12-9-15(19(24)21-13-5-2-1-3-6-13)23-17(10-12)22-14-7-4-8-16-18(14)26-11-25-16/h1-10H,11H2,(H,21,24)(H,22,23). The van der Waals surface area contributed by atoms with E-state index in [0.29, 0.717) is 33.7 Å². The first-order chi connectivity index (χ1) is 12.7. The van der Waals surface area contributed by atoms with Gasteiger partial charge in [-0.3, -0.25) is 4.79 Å². The monoisotopic (exact) mass is 367 g/mol. The molecular formula is C19H14ClN3O3. The minimum Gasteiger partial charge on any atom is -0.454 e. The van der Waals surface area contributed by atoms with Gasteiger partial charge in [-0.15, -0.1) is 0 Å². The topological polar surface area (TPSA) is 72.5 Å². The summed E-state index contributed by atoms with van der Waals surface area (Å²) < 4.78 is 10.8. The number of rotatable bonds is 4. The van der Waals surface area contributed by atoms with Gasteiger partial charge in [-0.25, -0.2) is 4.98 Å². The number of nitrogens with zero attached hydrogens (tertiary/aromatic N) is 1. The molecular weight excluding hydrogens is 354 g/mol. The summed E-state index contributed by atoms with van der Waals surface area (Å²) in [6.07, 6.45) is 0. The van der Waals surface area contributed by atoms with Gasteiger partial charge in [0, 0.05) is 10.7 Å². The zero-order valence-corrected chi connectivity index (χ0v) is 14.3. The smallest absolute Gasteiger partial charge is 0.274 e. The number of hydrogen-bond donors (Lipinski definition) is 2. The van der Waals surface area contributed by atoms with Crippen LogP contribution in [0.25, 0.3) is 0 Å². The van der Waals surface area contributed by atoms with Gasteiger partial charge in [0.15, 0.2) is 11.5 Å². The van der Waals surface area contributed by atoms with Crippen LogP contribution >= 0.6 is 11.6 Å². The molecule has 0 spiro atoms. The average Bonchev–Trinajstić information content (AvgIpc) is 3.12. The number of hydrogen-bond acceptors (Lipinski definition) is 5. The van der Waals surface area contributed by atoms with Crippen molar-refractivity contribution in [3.05, 3.63) is 71.4 Å². The second-order valence-corrected chi connectivity index (χ2v) is 5.98. The molecule has 1 amide bonds. The van der Waals surface area contributed by atoms with Gasteiger partial charge >= 0.3 is 0 Å². The molecule has 0 radical (unpaired) electrons. The number of aromatic nitrogens is 1. The highest BCUT2D eigenvalue weighted by Gasteiger charge is 2.18. The van der Waals surface area contributed by atoms with E-state index in [2.05, 4.69) is 15.6 Å². The first-order valence-electron chi connectivity index (χ1n) is 7.89. The summed E-state index contributed by atoms with van der Waals surface area (Å²) in [4.78, 5) is 16.8. The number of amides is 1. The van der Waals surface area contributed by atoms with Crippen LogP contribution in [0.2, 0.25) is 5.02 Å². The van der Waals surface area contributed by atoms with Crippen molar-refractivity contribution in [3.8, 4) is 11.5 Å². The predicted molar refractivity (Wildman–Crippen MR) is 99.5 cm³/mol.